The van der Waals surface area contributed by atoms with Crippen molar-refractivity contribution in [1.29, 1.82) is 0 Å². The fourth-order valence-electron chi connectivity index (χ4n) is 3.58. The van der Waals surface area contributed by atoms with Crippen LogP contribution >= 0.6 is 12.4 Å². The van der Waals surface area contributed by atoms with Gasteiger partial charge in [-0.25, -0.2) is 0 Å². The summed E-state index contributed by atoms with van der Waals surface area (Å²) in [7, 11) is 1.75. The highest BCUT2D eigenvalue weighted by molar-refractivity contribution is 5.85. The van der Waals surface area contributed by atoms with E-state index in [1.165, 1.54) is 56.7 Å². The third kappa shape index (κ3) is 3.91. The minimum atomic E-state index is 0. The first-order chi connectivity index (χ1) is 9.68. The lowest BCUT2D eigenvalue weighted by atomic mass is 9.89. The largest absolute Gasteiger partial charge is 0.497 e. The van der Waals surface area contributed by atoms with Crippen LogP contribution in [0.15, 0.2) is 18.2 Å². The molecule has 0 aliphatic carbocycles. The lowest BCUT2D eigenvalue weighted by molar-refractivity contribution is 0.184. The zero-order valence-corrected chi connectivity index (χ0v) is 14.0. The van der Waals surface area contributed by atoms with Crippen LogP contribution < -0.4 is 10.1 Å². The minimum Gasteiger partial charge on any atom is -0.497 e. The molecule has 4 heteroatoms. The van der Waals surface area contributed by atoms with Gasteiger partial charge in [-0.15, -0.1) is 12.4 Å². The highest BCUT2D eigenvalue weighted by Gasteiger charge is 2.31. The summed E-state index contributed by atoms with van der Waals surface area (Å²) >= 11 is 0. The number of fused-ring (bicyclic) bond motifs is 1. The average Bonchev–Trinajstić information content (AvgIpc) is 2.78. The molecule has 2 aliphatic heterocycles. The van der Waals surface area contributed by atoms with Gasteiger partial charge in [-0.2, -0.15) is 0 Å². The molecule has 1 fully saturated rings. The second kappa shape index (κ2) is 6.99. The number of nitrogens with zero attached hydrogens (tertiary/aromatic N) is 1. The number of hydrogen-bond acceptors (Lipinski definition) is 3. The molecule has 0 saturated carbocycles. The monoisotopic (exact) mass is 310 g/mol. The van der Waals surface area contributed by atoms with Crippen molar-refractivity contribution in [3.05, 3.63) is 29.3 Å². The van der Waals surface area contributed by atoms with Crippen molar-refractivity contribution >= 4 is 12.4 Å². The summed E-state index contributed by atoms with van der Waals surface area (Å²) in [6.07, 6.45) is 3.63. The van der Waals surface area contributed by atoms with Gasteiger partial charge in [0.2, 0.25) is 0 Å². The first-order valence-electron chi connectivity index (χ1n) is 7.77. The minimum absolute atomic E-state index is 0. The molecule has 0 aromatic heterocycles. The molecule has 0 radical (unpaired) electrons. The number of rotatable bonds is 3. The molecule has 1 aromatic carbocycles. The van der Waals surface area contributed by atoms with Crippen molar-refractivity contribution in [1.82, 2.24) is 10.2 Å². The highest BCUT2D eigenvalue weighted by Crippen LogP contribution is 2.27. The molecule has 1 N–H and O–H groups in total. The van der Waals surface area contributed by atoms with Gasteiger partial charge < -0.3 is 15.0 Å². The summed E-state index contributed by atoms with van der Waals surface area (Å²) in [5.74, 6) is 0.990. The normalized spacial score (nSPS) is 25.8. The van der Waals surface area contributed by atoms with Gasteiger partial charge in [0.15, 0.2) is 0 Å². The fraction of sp³-hybridized carbons (Fsp3) is 0.647. The van der Waals surface area contributed by atoms with Crippen molar-refractivity contribution < 1.29 is 4.74 Å². The summed E-state index contributed by atoms with van der Waals surface area (Å²) in [6, 6.07) is 6.56. The van der Waals surface area contributed by atoms with Gasteiger partial charge in [-0.1, -0.05) is 13.0 Å². The summed E-state index contributed by atoms with van der Waals surface area (Å²) < 4.78 is 5.35. The molecule has 3 nitrogen and oxygen atoms in total. The molecule has 21 heavy (non-hydrogen) atoms. The first kappa shape index (κ1) is 16.6. The fourth-order valence-corrected chi connectivity index (χ4v) is 3.58. The van der Waals surface area contributed by atoms with E-state index in [1.54, 1.807) is 7.11 Å². The molecular formula is C17H27ClN2O. The molecule has 1 atom stereocenters. The van der Waals surface area contributed by atoms with E-state index in [0.29, 0.717) is 5.41 Å². The van der Waals surface area contributed by atoms with E-state index >= 15 is 0 Å². The number of ether oxygens (including phenoxy) is 1. The number of methoxy groups -OCH3 is 1. The van der Waals surface area contributed by atoms with Crippen molar-refractivity contribution in [2.45, 2.75) is 26.2 Å². The van der Waals surface area contributed by atoms with Gasteiger partial charge in [0.25, 0.3) is 0 Å². The number of nitrogens with one attached hydrogen (secondary N) is 1. The van der Waals surface area contributed by atoms with Crippen LogP contribution in [0.1, 0.15) is 24.5 Å². The Morgan fingerprint density at radius 1 is 1.24 bits per heavy atom. The number of hydrogen-bond donors (Lipinski definition) is 1. The van der Waals surface area contributed by atoms with Crippen LogP contribution in [-0.4, -0.2) is 44.7 Å². The predicted octanol–water partition coefficient (Wildman–Crippen LogP) is 2.52. The van der Waals surface area contributed by atoms with Crippen molar-refractivity contribution in [3.63, 3.8) is 0 Å². The van der Waals surface area contributed by atoms with E-state index in [2.05, 4.69) is 35.3 Å². The van der Waals surface area contributed by atoms with Crippen LogP contribution in [0, 0.1) is 5.41 Å². The zero-order valence-electron chi connectivity index (χ0n) is 13.2. The molecule has 0 amide bonds. The molecule has 3 rings (SSSR count). The Morgan fingerprint density at radius 2 is 2.00 bits per heavy atom. The lowest BCUT2D eigenvalue weighted by Gasteiger charge is -2.31. The topological polar surface area (TPSA) is 24.5 Å². The third-order valence-corrected chi connectivity index (χ3v) is 4.87. The Morgan fingerprint density at radius 3 is 2.67 bits per heavy atom. The molecule has 0 spiro atoms. The van der Waals surface area contributed by atoms with Gasteiger partial charge in [0, 0.05) is 26.2 Å². The van der Waals surface area contributed by atoms with E-state index < -0.39 is 0 Å². The van der Waals surface area contributed by atoms with Gasteiger partial charge in [-0.05, 0) is 54.5 Å². The van der Waals surface area contributed by atoms with E-state index in [0.717, 1.165) is 12.2 Å². The lowest BCUT2D eigenvalue weighted by Crippen LogP contribution is -2.38. The first-order valence-corrected chi connectivity index (χ1v) is 7.77. The van der Waals surface area contributed by atoms with Crippen molar-refractivity contribution in [2.24, 2.45) is 5.41 Å². The summed E-state index contributed by atoms with van der Waals surface area (Å²) in [6.45, 7) is 8.37. The molecule has 118 valence electrons. The van der Waals surface area contributed by atoms with Crippen LogP contribution in [0.5, 0.6) is 5.75 Å². The second-order valence-corrected chi connectivity index (χ2v) is 6.65. The van der Waals surface area contributed by atoms with Gasteiger partial charge in [0.05, 0.1) is 7.11 Å². The van der Waals surface area contributed by atoms with Crippen molar-refractivity contribution in [2.75, 3.05) is 39.8 Å². The van der Waals surface area contributed by atoms with E-state index in [9.17, 15) is 0 Å². The SMILES string of the molecule is COc1ccc2c(c1)CCN(CC1(C)CCNC1)CC2.Cl. The van der Waals surface area contributed by atoms with Crippen molar-refractivity contribution in [3.8, 4) is 5.75 Å². The summed E-state index contributed by atoms with van der Waals surface area (Å²) in [5.41, 5.74) is 3.44. The van der Waals surface area contributed by atoms with E-state index in [-0.39, 0.29) is 12.4 Å². The van der Waals surface area contributed by atoms with E-state index in [1.807, 2.05) is 0 Å². The standard InChI is InChI=1S/C17H26N2O.ClH/c1-17(7-8-18-12-17)13-19-9-5-14-3-4-16(20-2)11-15(14)6-10-19;/h3-4,11,18H,5-10,12-13H2,1-2H3;1H. The summed E-state index contributed by atoms with van der Waals surface area (Å²) in [5, 5.41) is 3.51. The van der Waals surface area contributed by atoms with Gasteiger partial charge >= 0.3 is 0 Å². The molecule has 1 unspecified atom stereocenters. The Kier molecular flexibility index (Phi) is 5.53. The summed E-state index contributed by atoms with van der Waals surface area (Å²) in [4.78, 5) is 2.65. The quantitative estimate of drug-likeness (QED) is 0.928. The highest BCUT2D eigenvalue weighted by atomic mass is 35.5. The molecule has 2 aliphatic rings. The Balaban J connectivity index is 0.00000161. The van der Waals surface area contributed by atoms with E-state index in [4.69, 9.17) is 4.74 Å². The maximum atomic E-state index is 5.35. The maximum absolute atomic E-state index is 5.35. The second-order valence-electron chi connectivity index (χ2n) is 6.65. The van der Waals surface area contributed by atoms with Crippen LogP contribution in [-0.2, 0) is 12.8 Å². The van der Waals surface area contributed by atoms with Gasteiger partial charge in [0.1, 0.15) is 5.75 Å². The number of benzene rings is 1. The van der Waals surface area contributed by atoms with Gasteiger partial charge in [-0.3, -0.25) is 0 Å². The van der Waals surface area contributed by atoms with Crippen LogP contribution in [0.25, 0.3) is 0 Å². The molecular weight excluding hydrogens is 284 g/mol. The predicted molar refractivity (Wildman–Crippen MR) is 89.7 cm³/mol. The third-order valence-electron chi connectivity index (χ3n) is 4.87. The molecule has 1 saturated heterocycles. The Labute approximate surface area is 134 Å². The van der Waals surface area contributed by atoms with Crippen LogP contribution in [0.2, 0.25) is 0 Å². The molecule has 2 heterocycles. The van der Waals surface area contributed by atoms with Crippen LogP contribution in [0.3, 0.4) is 0 Å². The average molecular weight is 311 g/mol. The Bertz CT molecular complexity index is 472. The maximum Gasteiger partial charge on any atom is 0.119 e. The van der Waals surface area contributed by atoms with Crippen LogP contribution in [0.4, 0.5) is 0 Å². The molecule has 0 bridgehead atoms. The molecule has 1 aromatic rings. The Hall–Kier alpha value is -0.770. The zero-order chi connectivity index (χ0) is 14.0. The number of halogens is 1. The smallest absolute Gasteiger partial charge is 0.119 e.